The minimum absolute atomic E-state index is 0.119. The second-order valence-corrected chi connectivity index (χ2v) is 8.10. The lowest BCUT2D eigenvalue weighted by molar-refractivity contribution is 0.414. The quantitative estimate of drug-likeness (QED) is 0.360. The lowest BCUT2D eigenvalue weighted by Gasteiger charge is -2.21. The Kier molecular flexibility index (Phi) is 4.99. The third-order valence-electron chi connectivity index (χ3n) is 6.66. The van der Waals surface area contributed by atoms with Crippen LogP contribution in [0.25, 0.3) is 0 Å². The maximum Gasteiger partial charge on any atom is 0.118 e. The van der Waals surface area contributed by atoms with Gasteiger partial charge in [0.15, 0.2) is 0 Å². The van der Waals surface area contributed by atoms with E-state index in [4.69, 9.17) is 9.47 Å². The number of rotatable bonds is 6. The third-order valence-corrected chi connectivity index (χ3v) is 6.66. The van der Waals surface area contributed by atoms with Gasteiger partial charge in [0.05, 0.1) is 14.2 Å². The van der Waals surface area contributed by atoms with Gasteiger partial charge in [-0.15, -0.1) is 0 Å². The van der Waals surface area contributed by atoms with Gasteiger partial charge in [-0.1, -0.05) is 84.9 Å². The molecule has 1 aliphatic rings. The number of hydrogen-bond donors (Lipinski definition) is 0. The van der Waals surface area contributed by atoms with Crippen LogP contribution in [0.3, 0.4) is 0 Å². The van der Waals surface area contributed by atoms with Gasteiger partial charge in [0, 0.05) is 17.3 Å². The van der Waals surface area contributed by atoms with Crippen molar-refractivity contribution in [3.8, 4) is 11.5 Å². The van der Waals surface area contributed by atoms with E-state index < -0.39 is 0 Å². The Labute approximate surface area is 184 Å². The van der Waals surface area contributed by atoms with Gasteiger partial charge in [0.25, 0.3) is 0 Å². The molecule has 2 nitrogen and oxygen atoms in total. The van der Waals surface area contributed by atoms with Gasteiger partial charge in [0.1, 0.15) is 11.5 Å². The minimum atomic E-state index is -0.119. The van der Waals surface area contributed by atoms with Crippen molar-refractivity contribution in [2.45, 2.75) is 17.3 Å². The SMILES string of the molecule is COc1ccc([C@H]2[C@H](c3ccc(OC)cc3)C2(c2ccccc2)c2ccccc2)cc1. The lowest BCUT2D eigenvalue weighted by Crippen LogP contribution is -2.13. The van der Waals surface area contributed by atoms with Gasteiger partial charge in [0.2, 0.25) is 0 Å². The summed E-state index contributed by atoms with van der Waals surface area (Å²) in [4.78, 5) is 0. The molecule has 0 N–H and O–H groups in total. The lowest BCUT2D eigenvalue weighted by atomic mass is 9.82. The highest BCUT2D eigenvalue weighted by Gasteiger charge is 2.67. The molecule has 0 aromatic heterocycles. The van der Waals surface area contributed by atoms with E-state index in [0.29, 0.717) is 11.8 Å². The molecule has 0 saturated heterocycles. The summed E-state index contributed by atoms with van der Waals surface area (Å²) in [7, 11) is 3.43. The summed E-state index contributed by atoms with van der Waals surface area (Å²) in [5, 5.41) is 0. The number of benzene rings is 4. The maximum atomic E-state index is 5.41. The molecule has 0 radical (unpaired) electrons. The summed E-state index contributed by atoms with van der Waals surface area (Å²) in [6.07, 6.45) is 0. The summed E-state index contributed by atoms with van der Waals surface area (Å²) in [6.45, 7) is 0. The van der Waals surface area contributed by atoms with Crippen LogP contribution in [0.15, 0.2) is 109 Å². The Bertz CT molecular complexity index is 1040. The van der Waals surface area contributed by atoms with Gasteiger partial charge < -0.3 is 9.47 Å². The average Bonchev–Trinajstić information content (AvgIpc) is 3.56. The zero-order valence-electron chi connectivity index (χ0n) is 17.9. The first-order valence-corrected chi connectivity index (χ1v) is 10.7. The Morgan fingerprint density at radius 3 is 1.16 bits per heavy atom. The van der Waals surface area contributed by atoms with Crippen LogP contribution in [-0.2, 0) is 5.41 Å². The molecule has 1 aliphatic carbocycles. The van der Waals surface area contributed by atoms with E-state index in [2.05, 4.69) is 109 Å². The third kappa shape index (κ3) is 3.19. The van der Waals surface area contributed by atoms with E-state index in [1.165, 1.54) is 22.3 Å². The normalized spacial score (nSPS) is 18.9. The molecule has 31 heavy (non-hydrogen) atoms. The molecule has 4 aromatic carbocycles. The predicted molar refractivity (Wildman–Crippen MR) is 125 cm³/mol. The van der Waals surface area contributed by atoms with Crippen LogP contribution in [0.2, 0.25) is 0 Å². The van der Waals surface area contributed by atoms with E-state index in [1.807, 2.05) is 0 Å². The van der Waals surface area contributed by atoms with Crippen LogP contribution in [0.4, 0.5) is 0 Å². The van der Waals surface area contributed by atoms with Crippen molar-refractivity contribution >= 4 is 0 Å². The predicted octanol–water partition coefficient (Wildman–Crippen LogP) is 6.57. The van der Waals surface area contributed by atoms with Crippen molar-refractivity contribution in [3.63, 3.8) is 0 Å². The summed E-state index contributed by atoms with van der Waals surface area (Å²) in [5.41, 5.74) is 5.24. The van der Waals surface area contributed by atoms with Crippen LogP contribution >= 0.6 is 0 Å². The van der Waals surface area contributed by atoms with E-state index in [9.17, 15) is 0 Å². The van der Waals surface area contributed by atoms with E-state index in [-0.39, 0.29) is 5.41 Å². The Balaban J connectivity index is 1.71. The van der Waals surface area contributed by atoms with Crippen LogP contribution < -0.4 is 9.47 Å². The molecular formula is C29H26O2. The summed E-state index contributed by atoms with van der Waals surface area (Å²) in [6, 6.07) is 39.0. The van der Waals surface area contributed by atoms with Gasteiger partial charge in [-0.3, -0.25) is 0 Å². The molecule has 0 spiro atoms. The fourth-order valence-corrected chi connectivity index (χ4v) is 5.23. The molecule has 1 fully saturated rings. The van der Waals surface area contributed by atoms with Crippen molar-refractivity contribution in [2.24, 2.45) is 0 Å². The zero-order valence-corrected chi connectivity index (χ0v) is 17.9. The van der Waals surface area contributed by atoms with E-state index >= 15 is 0 Å². The molecule has 154 valence electrons. The first kappa shape index (κ1) is 19.4. The van der Waals surface area contributed by atoms with Gasteiger partial charge in [-0.25, -0.2) is 0 Å². The molecule has 0 heterocycles. The highest BCUT2D eigenvalue weighted by Crippen LogP contribution is 2.73. The van der Waals surface area contributed by atoms with E-state index in [0.717, 1.165) is 11.5 Å². The molecule has 0 unspecified atom stereocenters. The standard InChI is InChI=1S/C29H26O2/c1-30-25-17-13-21(14-18-25)27-28(22-15-19-26(31-2)20-16-22)29(27,23-9-5-3-6-10-23)24-11-7-4-8-12-24/h3-20,27-28H,1-2H3/t27-,28-/m0/s1. The second kappa shape index (κ2) is 7.96. The monoisotopic (exact) mass is 406 g/mol. The summed E-state index contributed by atoms with van der Waals surface area (Å²) in [5.74, 6) is 2.43. The van der Waals surface area contributed by atoms with Crippen molar-refractivity contribution in [3.05, 3.63) is 131 Å². The van der Waals surface area contributed by atoms with Crippen molar-refractivity contribution < 1.29 is 9.47 Å². The first-order valence-electron chi connectivity index (χ1n) is 10.7. The topological polar surface area (TPSA) is 18.5 Å². The van der Waals surface area contributed by atoms with Crippen molar-refractivity contribution in [1.82, 2.24) is 0 Å². The first-order chi connectivity index (χ1) is 15.3. The Morgan fingerprint density at radius 2 is 0.839 bits per heavy atom. The smallest absolute Gasteiger partial charge is 0.118 e. The highest BCUT2D eigenvalue weighted by molar-refractivity contribution is 5.62. The molecule has 0 bridgehead atoms. The number of hydrogen-bond acceptors (Lipinski definition) is 2. The molecule has 2 heteroatoms. The summed E-state index contributed by atoms with van der Waals surface area (Å²) >= 11 is 0. The van der Waals surface area contributed by atoms with Crippen LogP contribution in [0.5, 0.6) is 11.5 Å². The van der Waals surface area contributed by atoms with Crippen molar-refractivity contribution in [1.29, 1.82) is 0 Å². The van der Waals surface area contributed by atoms with E-state index in [1.54, 1.807) is 14.2 Å². The Morgan fingerprint density at radius 1 is 0.484 bits per heavy atom. The second-order valence-electron chi connectivity index (χ2n) is 8.10. The zero-order chi connectivity index (χ0) is 21.3. The molecule has 2 atom stereocenters. The van der Waals surface area contributed by atoms with Gasteiger partial charge >= 0.3 is 0 Å². The van der Waals surface area contributed by atoms with Crippen LogP contribution in [0.1, 0.15) is 34.1 Å². The molecule has 1 saturated carbocycles. The molecule has 5 rings (SSSR count). The van der Waals surface area contributed by atoms with Crippen LogP contribution in [-0.4, -0.2) is 14.2 Å². The number of methoxy groups -OCH3 is 2. The summed E-state index contributed by atoms with van der Waals surface area (Å²) < 4.78 is 10.8. The molecular weight excluding hydrogens is 380 g/mol. The van der Waals surface area contributed by atoms with Gasteiger partial charge in [-0.05, 0) is 46.5 Å². The highest BCUT2D eigenvalue weighted by atomic mass is 16.5. The average molecular weight is 407 g/mol. The van der Waals surface area contributed by atoms with Gasteiger partial charge in [-0.2, -0.15) is 0 Å². The molecule has 4 aromatic rings. The maximum absolute atomic E-state index is 5.41. The Hall–Kier alpha value is -3.52. The van der Waals surface area contributed by atoms with Crippen LogP contribution in [0, 0.1) is 0 Å². The minimum Gasteiger partial charge on any atom is -0.497 e. The van der Waals surface area contributed by atoms with Crippen molar-refractivity contribution in [2.75, 3.05) is 14.2 Å². The fraction of sp³-hybridized carbons (Fsp3) is 0.172. The molecule has 0 amide bonds. The number of ether oxygens (including phenoxy) is 2. The fourth-order valence-electron chi connectivity index (χ4n) is 5.23. The largest absolute Gasteiger partial charge is 0.497 e. The molecule has 0 aliphatic heterocycles.